The summed E-state index contributed by atoms with van der Waals surface area (Å²) >= 11 is 0. The van der Waals surface area contributed by atoms with Gasteiger partial charge < -0.3 is 32.5 Å². The molecular weight excluding hydrogens is 943 g/mol. The van der Waals surface area contributed by atoms with Gasteiger partial charge in [-0.15, -0.1) is 0 Å². The molecule has 0 aliphatic heterocycles. The summed E-state index contributed by atoms with van der Waals surface area (Å²) in [5.41, 5.74) is 14.1. The van der Waals surface area contributed by atoms with Crippen LogP contribution in [0.15, 0.2) is 18.2 Å². The summed E-state index contributed by atoms with van der Waals surface area (Å²) in [4.78, 5) is 63.4. The number of carbonyl (C=O) groups is 6. The van der Waals surface area contributed by atoms with Crippen LogP contribution < -0.4 is 17.2 Å². The third-order valence-corrected chi connectivity index (χ3v) is 13.8. The van der Waals surface area contributed by atoms with E-state index in [1.165, 1.54) is 270 Å². The molecule has 438 valence electrons. The van der Waals surface area contributed by atoms with E-state index in [4.69, 9.17) is 32.5 Å². The Kier molecular flexibility index (Phi) is 61.1. The quantitative estimate of drug-likeness (QED) is 0.0340. The molecule has 1 aromatic carbocycles. The summed E-state index contributed by atoms with van der Waals surface area (Å²) < 4.78 is 0. The topological polar surface area (TPSA) is 241 Å². The van der Waals surface area contributed by atoms with Crippen LogP contribution >= 0.6 is 0 Å². The Balaban J connectivity index is -0.000000926. The van der Waals surface area contributed by atoms with Gasteiger partial charge in [-0.05, 0) is 37.5 Å². The molecule has 0 spiro atoms. The molecule has 12 nitrogen and oxygen atoms in total. The van der Waals surface area contributed by atoms with Crippen LogP contribution in [0.3, 0.4) is 0 Å². The molecule has 0 radical (unpaired) electrons. The van der Waals surface area contributed by atoms with Crippen LogP contribution in [-0.4, -0.2) is 50.9 Å². The number of amides is 3. The summed E-state index contributed by atoms with van der Waals surface area (Å²) in [6.45, 7) is 6.83. The molecule has 0 bridgehead atoms. The van der Waals surface area contributed by atoms with Gasteiger partial charge in [0.15, 0.2) is 0 Å². The van der Waals surface area contributed by atoms with E-state index in [9.17, 15) is 28.8 Å². The van der Waals surface area contributed by atoms with Crippen molar-refractivity contribution in [3.63, 3.8) is 0 Å². The van der Waals surface area contributed by atoms with Crippen molar-refractivity contribution in [2.24, 2.45) is 17.2 Å². The normalized spacial score (nSPS) is 10.6. The summed E-state index contributed by atoms with van der Waals surface area (Å²) in [5, 5.41) is 25.9. The number of aromatic carboxylic acids is 3. The molecule has 9 N–H and O–H groups in total. The molecule has 0 unspecified atom stereocenters. The molecule has 0 atom stereocenters. The van der Waals surface area contributed by atoms with Gasteiger partial charge in [0.05, 0.1) is 16.7 Å². The number of hydrogen-bond donors (Lipinski definition) is 6. The van der Waals surface area contributed by atoms with Crippen LogP contribution in [0.2, 0.25) is 0 Å². The predicted molar refractivity (Wildman–Crippen MR) is 314 cm³/mol. The average Bonchev–Trinajstić information content (AvgIpc) is 3.37. The van der Waals surface area contributed by atoms with E-state index in [1.54, 1.807) is 0 Å². The zero-order chi connectivity index (χ0) is 56.3. The first-order valence-electron chi connectivity index (χ1n) is 30.9. The summed E-state index contributed by atoms with van der Waals surface area (Å²) in [7, 11) is 0. The van der Waals surface area contributed by atoms with E-state index in [-0.39, 0.29) is 23.3 Å². The SMILES string of the molecule is CCCCCCCCCCCCCCCCCC(N)=O.CCCCCCCCCCCCCCCCCC(N)=O.CCCCCCCCCCCCCCCCCC(N)=O.O=C(O)c1ccc(C(=O)O)c(C(=O)O)c1. The van der Waals surface area contributed by atoms with Gasteiger partial charge >= 0.3 is 17.9 Å². The Labute approximate surface area is 459 Å². The minimum Gasteiger partial charge on any atom is -0.478 e. The minimum absolute atomic E-state index is 0.153. The highest BCUT2D eigenvalue weighted by Crippen LogP contribution is 2.17. The number of unbranched alkanes of at least 4 members (excludes halogenated alkanes) is 42. The summed E-state index contributed by atoms with van der Waals surface area (Å²) in [6, 6.07) is 2.81. The van der Waals surface area contributed by atoms with Gasteiger partial charge in [-0.25, -0.2) is 14.4 Å². The van der Waals surface area contributed by atoms with E-state index in [1.807, 2.05) is 0 Å². The Morgan fingerprint density at radius 3 is 0.627 bits per heavy atom. The lowest BCUT2D eigenvalue weighted by Crippen LogP contribution is -2.10. The Morgan fingerprint density at radius 2 is 0.467 bits per heavy atom. The van der Waals surface area contributed by atoms with Gasteiger partial charge in [0, 0.05) is 19.3 Å². The third-order valence-electron chi connectivity index (χ3n) is 13.8. The van der Waals surface area contributed by atoms with Crippen LogP contribution in [0, 0.1) is 0 Å². The van der Waals surface area contributed by atoms with Gasteiger partial charge in [-0.1, -0.05) is 290 Å². The highest BCUT2D eigenvalue weighted by Gasteiger charge is 2.18. The standard InChI is InChI=1S/3C18H37NO.C9H6O6/c3*1-2-3-4-5-6-7-8-9-10-11-12-13-14-15-16-17-18(19)20;10-7(11)4-1-2-5(8(12)13)6(3-4)9(14)15/h3*2-17H2,1H3,(H2,19,20);1-3H,(H,10,11)(H,12,13)(H,14,15). The fourth-order valence-corrected chi connectivity index (χ4v) is 9.05. The van der Waals surface area contributed by atoms with Crippen LogP contribution in [0.4, 0.5) is 0 Å². The molecule has 3 amide bonds. The van der Waals surface area contributed by atoms with E-state index >= 15 is 0 Å². The molecule has 0 aromatic heterocycles. The Morgan fingerprint density at radius 1 is 0.280 bits per heavy atom. The lowest BCUT2D eigenvalue weighted by Gasteiger charge is -2.03. The largest absolute Gasteiger partial charge is 0.478 e. The fraction of sp³-hybridized carbons (Fsp3) is 0.810. The second-order valence-corrected chi connectivity index (χ2v) is 21.2. The maximum atomic E-state index is 10.6. The predicted octanol–water partition coefficient (Wildman–Crippen LogP) is 18.0. The van der Waals surface area contributed by atoms with Crippen molar-refractivity contribution in [2.75, 3.05) is 0 Å². The van der Waals surface area contributed by atoms with Crippen molar-refractivity contribution in [1.29, 1.82) is 0 Å². The van der Waals surface area contributed by atoms with Gasteiger partial charge in [0.25, 0.3) is 0 Å². The first kappa shape index (κ1) is 75.3. The van der Waals surface area contributed by atoms with Crippen molar-refractivity contribution >= 4 is 35.6 Å². The Bertz CT molecular complexity index is 1380. The molecule has 0 saturated carbocycles. The summed E-state index contributed by atoms with van der Waals surface area (Å²) in [5.74, 6) is -4.66. The van der Waals surface area contributed by atoms with Crippen LogP contribution in [0.1, 0.15) is 360 Å². The van der Waals surface area contributed by atoms with E-state index in [0.29, 0.717) is 19.3 Å². The third kappa shape index (κ3) is 62.5. The van der Waals surface area contributed by atoms with Crippen molar-refractivity contribution in [1.82, 2.24) is 0 Å². The van der Waals surface area contributed by atoms with E-state index in [0.717, 1.165) is 37.5 Å². The van der Waals surface area contributed by atoms with E-state index in [2.05, 4.69) is 20.8 Å². The monoisotopic (exact) mass is 1060 g/mol. The van der Waals surface area contributed by atoms with Gasteiger partial charge in [-0.2, -0.15) is 0 Å². The van der Waals surface area contributed by atoms with Crippen molar-refractivity contribution in [2.45, 2.75) is 329 Å². The van der Waals surface area contributed by atoms with E-state index < -0.39 is 29.0 Å². The van der Waals surface area contributed by atoms with Crippen molar-refractivity contribution in [3.05, 3.63) is 34.9 Å². The second-order valence-electron chi connectivity index (χ2n) is 21.2. The second kappa shape index (κ2) is 60.9. The molecule has 0 saturated heterocycles. The maximum absolute atomic E-state index is 10.6. The van der Waals surface area contributed by atoms with Gasteiger partial charge in [0.1, 0.15) is 0 Å². The molecule has 75 heavy (non-hydrogen) atoms. The van der Waals surface area contributed by atoms with Crippen LogP contribution in [-0.2, 0) is 14.4 Å². The highest BCUT2D eigenvalue weighted by molar-refractivity contribution is 6.03. The number of benzene rings is 1. The van der Waals surface area contributed by atoms with Crippen molar-refractivity contribution < 1.29 is 44.1 Å². The molecule has 0 aliphatic carbocycles. The number of rotatable bonds is 51. The average molecular weight is 1060 g/mol. The number of hydrogen-bond acceptors (Lipinski definition) is 6. The number of primary amides is 3. The number of carbonyl (C=O) groups excluding carboxylic acids is 3. The number of carboxylic acids is 3. The fourth-order valence-electron chi connectivity index (χ4n) is 9.05. The highest BCUT2D eigenvalue weighted by atomic mass is 16.4. The summed E-state index contributed by atoms with van der Waals surface area (Å²) in [6.07, 6.45) is 62.6. The van der Waals surface area contributed by atoms with Crippen molar-refractivity contribution in [3.8, 4) is 0 Å². The van der Waals surface area contributed by atoms with Crippen LogP contribution in [0.25, 0.3) is 0 Å². The smallest absolute Gasteiger partial charge is 0.336 e. The molecule has 1 aromatic rings. The first-order valence-corrected chi connectivity index (χ1v) is 30.9. The molecule has 1 rings (SSSR count). The maximum Gasteiger partial charge on any atom is 0.336 e. The van der Waals surface area contributed by atoms with Gasteiger partial charge in [0.2, 0.25) is 17.7 Å². The molecule has 0 aliphatic rings. The lowest BCUT2D eigenvalue weighted by atomic mass is 10.0. The molecule has 12 heteroatoms. The first-order chi connectivity index (χ1) is 36.2. The van der Waals surface area contributed by atoms with Crippen LogP contribution in [0.5, 0.6) is 0 Å². The molecule has 0 heterocycles. The number of nitrogens with two attached hydrogens (primary N) is 3. The zero-order valence-electron chi connectivity index (χ0n) is 48.7. The minimum atomic E-state index is -1.48. The zero-order valence-corrected chi connectivity index (χ0v) is 48.7. The van der Waals surface area contributed by atoms with Gasteiger partial charge in [-0.3, -0.25) is 14.4 Å². The lowest BCUT2D eigenvalue weighted by molar-refractivity contribution is -0.119. The molecular formula is C63H117N3O9. The number of carboxylic acid groups (broad SMARTS) is 3. The Hall–Kier alpha value is -3.96. The molecule has 0 fully saturated rings.